The molecular weight excluding hydrogens is 270 g/mol. The van der Waals surface area contributed by atoms with Crippen LogP contribution in [0.3, 0.4) is 0 Å². The van der Waals surface area contributed by atoms with E-state index in [1.54, 1.807) is 6.07 Å². The Bertz CT molecular complexity index is 693. The van der Waals surface area contributed by atoms with E-state index in [1.807, 2.05) is 31.2 Å². The molecule has 1 aliphatic carbocycles. The van der Waals surface area contributed by atoms with Crippen LogP contribution in [0.15, 0.2) is 34.9 Å². The molecule has 2 atom stereocenters. The Hall–Kier alpha value is -2.50. The van der Waals surface area contributed by atoms with Crippen molar-refractivity contribution in [2.75, 3.05) is 0 Å². The van der Waals surface area contributed by atoms with Crippen molar-refractivity contribution >= 4 is 5.97 Å². The Kier molecular flexibility index (Phi) is 3.51. The van der Waals surface area contributed by atoms with Crippen LogP contribution in [0.25, 0.3) is 11.5 Å². The van der Waals surface area contributed by atoms with Crippen molar-refractivity contribution in [3.05, 3.63) is 41.9 Å². The lowest BCUT2D eigenvalue weighted by Crippen LogP contribution is -2.23. The SMILES string of the molecule is Cc1cccc(-c2noc(C3CC=CCC3C(=O)O)n2)n1. The van der Waals surface area contributed by atoms with Crippen LogP contribution in [0.5, 0.6) is 0 Å². The van der Waals surface area contributed by atoms with E-state index in [-0.39, 0.29) is 5.92 Å². The van der Waals surface area contributed by atoms with E-state index in [2.05, 4.69) is 15.1 Å². The first-order valence-electron chi connectivity index (χ1n) is 6.80. The molecule has 0 radical (unpaired) electrons. The number of carboxylic acid groups (broad SMARTS) is 1. The fourth-order valence-corrected chi connectivity index (χ4v) is 2.52. The van der Waals surface area contributed by atoms with Gasteiger partial charge >= 0.3 is 5.97 Å². The fourth-order valence-electron chi connectivity index (χ4n) is 2.52. The molecule has 0 aromatic carbocycles. The Morgan fingerprint density at radius 2 is 2.10 bits per heavy atom. The van der Waals surface area contributed by atoms with Gasteiger partial charge in [0.1, 0.15) is 5.69 Å². The standard InChI is InChI=1S/C15H15N3O3/c1-9-5-4-8-12(16-9)13-17-14(21-18-13)10-6-2-3-7-11(10)15(19)20/h2-5,8,10-11H,6-7H2,1H3,(H,19,20). The number of aryl methyl sites for hydroxylation is 1. The Labute approximate surface area is 121 Å². The van der Waals surface area contributed by atoms with Crippen LogP contribution in [0, 0.1) is 12.8 Å². The number of nitrogens with zero attached hydrogens (tertiary/aromatic N) is 3. The van der Waals surface area contributed by atoms with E-state index >= 15 is 0 Å². The summed E-state index contributed by atoms with van der Waals surface area (Å²) in [4.78, 5) is 20.0. The second-order valence-corrected chi connectivity index (χ2v) is 5.11. The predicted molar refractivity (Wildman–Crippen MR) is 74.5 cm³/mol. The summed E-state index contributed by atoms with van der Waals surface area (Å²) in [6.07, 6.45) is 4.92. The molecule has 0 amide bonds. The van der Waals surface area contributed by atoms with Crippen LogP contribution in [-0.2, 0) is 4.79 Å². The van der Waals surface area contributed by atoms with E-state index in [0.29, 0.717) is 30.3 Å². The molecule has 21 heavy (non-hydrogen) atoms. The molecule has 1 N–H and O–H groups in total. The molecule has 0 saturated heterocycles. The average Bonchev–Trinajstić information content (AvgIpc) is 2.97. The molecule has 2 aromatic heterocycles. The second-order valence-electron chi connectivity index (χ2n) is 5.11. The molecule has 3 rings (SSSR count). The lowest BCUT2D eigenvalue weighted by Gasteiger charge is -2.21. The highest BCUT2D eigenvalue weighted by Crippen LogP contribution is 2.34. The third-order valence-corrected chi connectivity index (χ3v) is 3.63. The summed E-state index contributed by atoms with van der Waals surface area (Å²) in [5.74, 6) is -0.873. The van der Waals surface area contributed by atoms with E-state index in [4.69, 9.17) is 4.52 Å². The molecule has 6 nitrogen and oxygen atoms in total. The van der Waals surface area contributed by atoms with Gasteiger partial charge in [-0.15, -0.1) is 0 Å². The highest BCUT2D eigenvalue weighted by atomic mass is 16.5. The second kappa shape index (κ2) is 5.47. The van der Waals surface area contributed by atoms with Crippen LogP contribution in [0.1, 0.15) is 30.3 Å². The van der Waals surface area contributed by atoms with Gasteiger partial charge in [0.25, 0.3) is 0 Å². The number of aromatic nitrogens is 3. The third-order valence-electron chi connectivity index (χ3n) is 3.63. The topological polar surface area (TPSA) is 89.1 Å². The number of pyridine rings is 1. The summed E-state index contributed by atoms with van der Waals surface area (Å²) in [5.41, 5.74) is 1.49. The molecule has 6 heteroatoms. The maximum absolute atomic E-state index is 11.3. The van der Waals surface area contributed by atoms with Gasteiger partial charge in [0.05, 0.1) is 11.8 Å². The smallest absolute Gasteiger partial charge is 0.307 e. The van der Waals surface area contributed by atoms with Gasteiger partial charge in [-0.25, -0.2) is 4.98 Å². The first-order valence-corrected chi connectivity index (χ1v) is 6.80. The highest BCUT2D eigenvalue weighted by molar-refractivity contribution is 5.71. The monoisotopic (exact) mass is 285 g/mol. The normalized spacial score (nSPS) is 21.4. The molecule has 108 valence electrons. The molecule has 2 unspecified atom stereocenters. The van der Waals surface area contributed by atoms with Gasteiger partial charge in [0.2, 0.25) is 11.7 Å². The molecular formula is C15H15N3O3. The van der Waals surface area contributed by atoms with Gasteiger partial charge in [-0.3, -0.25) is 4.79 Å². The maximum atomic E-state index is 11.3. The third kappa shape index (κ3) is 2.69. The minimum atomic E-state index is -0.835. The molecule has 1 aliphatic rings. The number of hydrogen-bond acceptors (Lipinski definition) is 5. The molecule has 0 spiro atoms. The summed E-state index contributed by atoms with van der Waals surface area (Å²) in [5, 5.41) is 13.2. The quantitative estimate of drug-likeness (QED) is 0.872. The summed E-state index contributed by atoms with van der Waals surface area (Å²) in [6.45, 7) is 1.89. The van der Waals surface area contributed by atoms with Crippen molar-refractivity contribution in [2.45, 2.75) is 25.7 Å². The van der Waals surface area contributed by atoms with Crippen LogP contribution in [0.4, 0.5) is 0 Å². The number of hydrogen-bond donors (Lipinski definition) is 1. The van der Waals surface area contributed by atoms with Gasteiger partial charge in [0.15, 0.2) is 0 Å². The highest BCUT2D eigenvalue weighted by Gasteiger charge is 2.34. The van der Waals surface area contributed by atoms with Crippen molar-refractivity contribution in [3.63, 3.8) is 0 Å². The van der Waals surface area contributed by atoms with Crippen molar-refractivity contribution < 1.29 is 14.4 Å². The maximum Gasteiger partial charge on any atom is 0.307 e. The number of aliphatic carboxylic acids is 1. The summed E-state index contributed by atoms with van der Waals surface area (Å²) in [6, 6.07) is 5.56. The van der Waals surface area contributed by atoms with Crippen molar-refractivity contribution in [1.82, 2.24) is 15.1 Å². The minimum absolute atomic E-state index is 0.279. The molecule has 0 aliphatic heterocycles. The Morgan fingerprint density at radius 1 is 1.29 bits per heavy atom. The van der Waals surface area contributed by atoms with Crippen LogP contribution >= 0.6 is 0 Å². The van der Waals surface area contributed by atoms with Gasteiger partial charge in [-0.05, 0) is 31.9 Å². The van der Waals surface area contributed by atoms with Gasteiger partial charge in [0, 0.05) is 5.69 Å². The van der Waals surface area contributed by atoms with Crippen LogP contribution < -0.4 is 0 Å². The Balaban J connectivity index is 1.91. The number of carbonyl (C=O) groups is 1. The first-order chi connectivity index (χ1) is 10.1. The van der Waals surface area contributed by atoms with E-state index in [9.17, 15) is 9.90 Å². The van der Waals surface area contributed by atoms with Crippen molar-refractivity contribution in [2.24, 2.45) is 5.92 Å². The zero-order chi connectivity index (χ0) is 14.8. The summed E-state index contributed by atoms with van der Waals surface area (Å²) < 4.78 is 5.28. The largest absolute Gasteiger partial charge is 0.481 e. The van der Waals surface area contributed by atoms with Crippen molar-refractivity contribution in [3.8, 4) is 11.5 Å². The number of carboxylic acids is 1. The Morgan fingerprint density at radius 3 is 2.86 bits per heavy atom. The van der Waals surface area contributed by atoms with E-state index < -0.39 is 11.9 Å². The average molecular weight is 285 g/mol. The lowest BCUT2D eigenvalue weighted by molar-refractivity contribution is -0.142. The number of rotatable bonds is 3. The minimum Gasteiger partial charge on any atom is -0.481 e. The van der Waals surface area contributed by atoms with E-state index in [0.717, 1.165) is 5.69 Å². The van der Waals surface area contributed by atoms with Crippen molar-refractivity contribution in [1.29, 1.82) is 0 Å². The molecule has 2 heterocycles. The predicted octanol–water partition coefficient (Wildman–Crippen LogP) is 2.57. The zero-order valence-electron chi connectivity index (χ0n) is 11.6. The summed E-state index contributed by atoms with van der Waals surface area (Å²) in [7, 11) is 0. The molecule has 0 saturated carbocycles. The van der Waals surface area contributed by atoms with Crippen LogP contribution in [0.2, 0.25) is 0 Å². The number of allylic oxidation sites excluding steroid dienone is 2. The zero-order valence-corrected chi connectivity index (χ0v) is 11.6. The summed E-state index contributed by atoms with van der Waals surface area (Å²) >= 11 is 0. The molecule has 0 fully saturated rings. The molecule has 2 aromatic rings. The van der Waals surface area contributed by atoms with Gasteiger partial charge < -0.3 is 9.63 Å². The van der Waals surface area contributed by atoms with Gasteiger partial charge in [-0.1, -0.05) is 23.4 Å². The van der Waals surface area contributed by atoms with Crippen LogP contribution in [-0.4, -0.2) is 26.2 Å². The first kappa shape index (κ1) is 13.5. The lowest BCUT2D eigenvalue weighted by atomic mass is 9.83. The fraction of sp³-hybridized carbons (Fsp3) is 0.333. The molecule has 0 bridgehead atoms. The van der Waals surface area contributed by atoms with Gasteiger partial charge in [-0.2, -0.15) is 4.98 Å². The van der Waals surface area contributed by atoms with E-state index in [1.165, 1.54) is 0 Å².